The second-order valence-electron chi connectivity index (χ2n) is 5.18. The van der Waals surface area contributed by atoms with Crippen molar-refractivity contribution in [1.82, 2.24) is 10.6 Å². The molecule has 6 nitrogen and oxygen atoms in total. The molecule has 2 atom stereocenters. The highest BCUT2D eigenvalue weighted by Gasteiger charge is 2.31. The molecule has 8 heteroatoms. The standard InChI is InChI=1S/C15H16BrClN2O4/c1-23-15(22)12(7-8-6-9(17)2-3-10(8)16)19-14(21)11-4-5-13(20)18-11/h2-3,6,11-12H,4-5,7H2,1H3,(H,18,20)(H,19,21)/t11-,12+/m0/s1. The van der Waals surface area contributed by atoms with Crippen molar-refractivity contribution in [3.8, 4) is 0 Å². The summed E-state index contributed by atoms with van der Waals surface area (Å²) in [6.45, 7) is 0. The van der Waals surface area contributed by atoms with Crippen LogP contribution < -0.4 is 10.6 Å². The predicted molar refractivity (Wildman–Crippen MR) is 88.0 cm³/mol. The van der Waals surface area contributed by atoms with Crippen molar-refractivity contribution in [3.05, 3.63) is 33.3 Å². The zero-order valence-electron chi connectivity index (χ0n) is 12.4. The largest absolute Gasteiger partial charge is 0.467 e. The van der Waals surface area contributed by atoms with Crippen molar-refractivity contribution in [2.45, 2.75) is 31.3 Å². The molecule has 1 fully saturated rings. The van der Waals surface area contributed by atoms with Crippen molar-refractivity contribution >= 4 is 45.3 Å². The van der Waals surface area contributed by atoms with Crippen LogP contribution in [0.15, 0.2) is 22.7 Å². The topological polar surface area (TPSA) is 84.5 Å². The molecular weight excluding hydrogens is 388 g/mol. The monoisotopic (exact) mass is 402 g/mol. The summed E-state index contributed by atoms with van der Waals surface area (Å²) in [5.41, 5.74) is 0.767. The Morgan fingerprint density at radius 1 is 1.52 bits per heavy atom. The van der Waals surface area contributed by atoms with Crippen LogP contribution in [0.4, 0.5) is 0 Å². The zero-order chi connectivity index (χ0) is 17.0. The van der Waals surface area contributed by atoms with Crippen molar-refractivity contribution in [2.75, 3.05) is 7.11 Å². The number of ether oxygens (including phenoxy) is 1. The van der Waals surface area contributed by atoms with E-state index in [1.165, 1.54) is 7.11 Å². The van der Waals surface area contributed by atoms with Gasteiger partial charge in [0.1, 0.15) is 12.1 Å². The highest BCUT2D eigenvalue weighted by molar-refractivity contribution is 9.10. The molecule has 2 rings (SSSR count). The molecule has 23 heavy (non-hydrogen) atoms. The number of hydrogen-bond acceptors (Lipinski definition) is 4. The number of amides is 2. The Labute approximate surface area is 147 Å². The van der Waals surface area contributed by atoms with E-state index in [1.807, 2.05) is 0 Å². The second-order valence-corrected chi connectivity index (χ2v) is 6.47. The first kappa shape index (κ1) is 17.7. The molecule has 2 amide bonds. The first-order chi connectivity index (χ1) is 10.9. The van der Waals surface area contributed by atoms with Gasteiger partial charge in [0, 0.05) is 22.3 Å². The number of rotatable bonds is 5. The molecule has 0 spiro atoms. The summed E-state index contributed by atoms with van der Waals surface area (Å²) < 4.78 is 5.53. The summed E-state index contributed by atoms with van der Waals surface area (Å²) in [4.78, 5) is 35.4. The van der Waals surface area contributed by atoms with Crippen LogP contribution in [0.3, 0.4) is 0 Å². The number of halogens is 2. The third-order valence-electron chi connectivity index (χ3n) is 3.55. The van der Waals surface area contributed by atoms with Crippen LogP contribution in [0, 0.1) is 0 Å². The van der Waals surface area contributed by atoms with E-state index in [-0.39, 0.29) is 12.3 Å². The van der Waals surface area contributed by atoms with Crippen molar-refractivity contribution in [3.63, 3.8) is 0 Å². The van der Waals surface area contributed by atoms with E-state index >= 15 is 0 Å². The van der Waals surface area contributed by atoms with Crippen LogP contribution in [0.25, 0.3) is 0 Å². The average molecular weight is 404 g/mol. The number of hydrogen-bond donors (Lipinski definition) is 2. The summed E-state index contributed by atoms with van der Waals surface area (Å²) in [5.74, 6) is -1.13. The van der Waals surface area contributed by atoms with Gasteiger partial charge in [-0.2, -0.15) is 0 Å². The lowest BCUT2D eigenvalue weighted by molar-refractivity contribution is -0.145. The van der Waals surface area contributed by atoms with Gasteiger partial charge in [0.05, 0.1) is 7.11 Å². The quantitative estimate of drug-likeness (QED) is 0.731. The van der Waals surface area contributed by atoms with Crippen LogP contribution in [0.5, 0.6) is 0 Å². The Hall–Kier alpha value is -1.60. The third kappa shape index (κ3) is 4.68. The number of carbonyl (C=O) groups excluding carboxylic acids is 3. The van der Waals surface area contributed by atoms with Crippen LogP contribution in [0.2, 0.25) is 5.02 Å². The Kier molecular flexibility index (Phi) is 6.01. The minimum atomic E-state index is -0.861. The van der Waals surface area contributed by atoms with Gasteiger partial charge in [-0.1, -0.05) is 27.5 Å². The minimum absolute atomic E-state index is 0.169. The van der Waals surface area contributed by atoms with E-state index < -0.39 is 24.0 Å². The van der Waals surface area contributed by atoms with Gasteiger partial charge in [0.15, 0.2) is 0 Å². The van der Waals surface area contributed by atoms with Gasteiger partial charge in [0.2, 0.25) is 11.8 Å². The molecule has 2 N–H and O–H groups in total. The fraction of sp³-hybridized carbons (Fsp3) is 0.400. The summed E-state index contributed by atoms with van der Waals surface area (Å²) >= 11 is 9.36. The SMILES string of the molecule is COC(=O)[C@@H](Cc1cc(Cl)ccc1Br)NC(=O)[C@@H]1CCC(=O)N1. The van der Waals surface area contributed by atoms with Gasteiger partial charge < -0.3 is 15.4 Å². The highest BCUT2D eigenvalue weighted by Crippen LogP contribution is 2.22. The maximum atomic E-state index is 12.2. The van der Waals surface area contributed by atoms with E-state index in [1.54, 1.807) is 18.2 Å². The third-order valence-corrected chi connectivity index (χ3v) is 4.55. The summed E-state index contributed by atoms with van der Waals surface area (Å²) in [6, 6.07) is 3.72. The Morgan fingerprint density at radius 3 is 2.87 bits per heavy atom. The van der Waals surface area contributed by atoms with Crippen LogP contribution in [-0.4, -0.2) is 37.0 Å². The molecule has 124 valence electrons. The van der Waals surface area contributed by atoms with Gasteiger partial charge in [-0.25, -0.2) is 4.79 Å². The Balaban J connectivity index is 2.11. The number of benzene rings is 1. The molecule has 0 bridgehead atoms. The molecule has 1 aromatic rings. The second kappa shape index (κ2) is 7.79. The van der Waals surface area contributed by atoms with Gasteiger partial charge in [-0.15, -0.1) is 0 Å². The van der Waals surface area contributed by atoms with E-state index in [0.29, 0.717) is 17.9 Å². The molecule has 0 aliphatic carbocycles. The molecule has 1 aliphatic rings. The van der Waals surface area contributed by atoms with Crippen molar-refractivity contribution in [1.29, 1.82) is 0 Å². The molecule has 1 aliphatic heterocycles. The molecule has 1 heterocycles. The van der Waals surface area contributed by atoms with E-state index in [4.69, 9.17) is 16.3 Å². The lowest BCUT2D eigenvalue weighted by atomic mass is 10.1. The number of esters is 1. The molecule has 1 saturated heterocycles. The lowest BCUT2D eigenvalue weighted by Crippen LogP contribution is -2.50. The molecule has 0 saturated carbocycles. The number of carbonyl (C=O) groups is 3. The first-order valence-corrected chi connectivity index (χ1v) is 8.19. The highest BCUT2D eigenvalue weighted by atomic mass is 79.9. The molecule has 0 radical (unpaired) electrons. The van der Waals surface area contributed by atoms with Crippen LogP contribution in [0.1, 0.15) is 18.4 Å². The maximum Gasteiger partial charge on any atom is 0.328 e. The van der Waals surface area contributed by atoms with Crippen molar-refractivity contribution in [2.24, 2.45) is 0 Å². The minimum Gasteiger partial charge on any atom is -0.467 e. The van der Waals surface area contributed by atoms with Gasteiger partial charge >= 0.3 is 5.97 Å². The predicted octanol–water partition coefficient (Wildman–Crippen LogP) is 1.58. The maximum absolute atomic E-state index is 12.2. The normalized spacial score (nSPS) is 18.2. The Bertz CT molecular complexity index is 638. The first-order valence-electron chi connectivity index (χ1n) is 7.02. The number of nitrogens with one attached hydrogen (secondary N) is 2. The molecule has 1 aromatic carbocycles. The van der Waals surface area contributed by atoms with Crippen molar-refractivity contribution < 1.29 is 19.1 Å². The van der Waals surface area contributed by atoms with Gasteiger partial charge in [-0.05, 0) is 30.2 Å². The fourth-order valence-electron chi connectivity index (χ4n) is 2.34. The average Bonchev–Trinajstić information content (AvgIpc) is 2.96. The molecular formula is C15H16BrClN2O4. The van der Waals surface area contributed by atoms with Crippen LogP contribution >= 0.6 is 27.5 Å². The summed E-state index contributed by atoms with van der Waals surface area (Å²) in [6.07, 6.45) is 0.945. The lowest BCUT2D eigenvalue weighted by Gasteiger charge is -2.19. The van der Waals surface area contributed by atoms with E-state index in [0.717, 1.165) is 10.0 Å². The molecule has 0 aromatic heterocycles. The summed E-state index contributed by atoms with van der Waals surface area (Å²) in [5, 5.41) is 5.73. The van der Waals surface area contributed by atoms with Crippen LogP contribution in [-0.2, 0) is 25.5 Å². The number of methoxy groups -OCH3 is 1. The fourth-order valence-corrected chi connectivity index (χ4v) is 2.94. The Morgan fingerprint density at radius 2 is 2.26 bits per heavy atom. The van der Waals surface area contributed by atoms with Gasteiger partial charge in [-0.3, -0.25) is 9.59 Å². The van der Waals surface area contributed by atoms with E-state index in [9.17, 15) is 14.4 Å². The zero-order valence-corrected chi connectivity index (χ0v) is 14.7. The smallest absolute Gasteiger partial charge is 0.328 e. The van der Waals surface area contributed by atoms with E-state index in [2.05, 4.69) is 26.6 Å². The van der Waals surface area contributed by atoms with Gasteiger partial charge in [0.25, 0.3) is 0 Å². The summed E-state index contributed by atoms with van der Waals surface area (Å²) in [7, 11) is 1.26. The molecule has 0 unspecified atom stereocenters.